The lowest BCUT2D eigenvalue weighted by atomic mass is 9.93. The Labute approximate surface area is 270 Å². The Bertz CT molecular complexity index is 1560. The van der Waals surface area contributed by atoms with Gasteiger partial charge in [0.05, 0.1) is 11.6 Å². The van der Waals surface area contributed by atoms with E-state index in [4.69, 9.17) is 31.5 Å². The summed E-state index contributed by atoms with van der Waals surface area (Å²) in [5.41, 5.74) is 13.6. The first-order valence-corrected chi connectivity index (χ1v) is 16.9. The SMILES string of the molecule is CSc1cncc(COc2cc(OCc3cccc(-c4cccc(OCCCN5CCCC5)c4C)c3C)c(Cl)cc2CN)c1. The average Bonchev–Trinajstić information content (AvgIpc) is 3.57. The van der Waals surface area contributed by atoms with Crippen molar-refractivity contribution in [2.75, 3.05) is 32.5 Å². The average molecular weight is 632 g/mol. The number of halogens is 1. The molecule has 0 unspecified atom stereocenters. The smallest absolute Gasteiger partial charge is 0.142 e. The third kappa shape index (κ3) is 8.07. The van der Waals surface area contributed by atoms with Gasteiger partial charge in [0, 0.05) is 47.6 Å². The summed E-state index contributed by atoms with van der Waals surface area (Å²) in [7, 11) is 0. The van der Waals surface area contributed by atoms with Crippen molar-refractivity contribution in [3.63, 3.8) is 0 Å². The molecule has 1 saturated heterocycles. The van der Waals surface area contributed by atoms with Crippen molar-refractivity contribution < 1.29 is 14.2 Å². The molecule has 4 aromatic rings. The van der Waals surface area contributed by atoms with Gasteiger partial charge in [-0.05, 0) is 98.5 Å². The Morgan fingerprint density at radius 2 is 1.59 bits per heavy atom. The highest BCUT2D eigenvalue weighted by atomic mass is 35.5. The van der Waals surface area contributed by atoms with Crippen LogP contribution in [0.3, 0.4) is 0 Å². The molecule has 1 aromatic heterocycles. The zero-order chi connectivity index (χ0) is 30.9. The second-order valence-corrected chi connectivity index (χ2v) is 12.5. The Hall–Kier alpha value is -3.23. The predicted octanol–water partition coefficient (Wildman–Crippen LogP) is 8.22. The van der Waals surface area contributed by atoms with Crippen LogP contribution in [0.15, 0.2) is 71.9 Å². The molecule has 1 aliphatic rings. The van der Waals surface area contributed by atoms with Crippen molar-refractivity contribution in [2.24, 2.45) is 5.73 Å². The number of aromatic nitrogens is 1. The van der Waals surface area contributed by atoms with Crippen LogP contribution in [-0.2, 0) is 19.8 Å². The van der Waals surface area contributed by atoms with E-state index in [1.54, 1.807) is 11.8 Å². The fourth-order valence-electron chi connectivity index (χ4n) is 5.62. The molecule has 0 amide bonds. The van der Waals surface area contributed by atoms with Gasteiger partial charge < -0.3 is 24.8 Å². The molecule has 8 heteroatoms. The Balaban J connectivity index is 1.27. The minimum Gasteiger partial charge on any atom is -0.493 e. The summed E-state index contributed by atoms with van der Waals surface area (Å²) < 4.78 is 18.7. The number of pyridine rings is 1. The topological polar surface area (TPSA) is 69.8 Å². The van der Waals surface area contributed by atoms with Gasteiger partial charge in [0.25, 0.3) is 0 Å². The molecular weight excluding hydrogens is 590 g/mol. The van der Waals surface area contributed by atoms with Crippen LogP contribution in [0.2, 0.25) is 5.02 Å². The molecule has 232 valence electrons. The molecule has 1 fully saturated rings. The monoisotopic (exact) mass is 631 g/mol. The van der Waals surface area contributed by atoms with E-state index in [1.807, 2.05) is 30.8 Å². The standard InChI is InChI=1S/C36H42ClN3O3S/c1-25-28(9-6-10-31(25)32-11-7-12-34(26(32)2)41-16-8-15-40-13-4-5-14-40)24-43-36-19-35(29(20-38)18-33(36)37)42-23-27-17-30(44-3)22-39-21-27/h6-7,9-12,17-19,21-22H,4-5,8,13-16,20,23-24,38H2,1-3H3. The van der Waals surface area contributed by atoms with E-state index < -0.39 is 0 Å². The molecule has 3 aromatic carbocycles. The molecule has 2 heterocycles. The molecule has 5 rings (SSSR count). The molecule has 44 heavy (non-hydrogen) atoms. The van der Waals surface area contributed by atoms with E-state index in [0.29, 0.717) is 36.3 Å². The summed E-state index contributed by atoms with van der Waals surface area (Å²) in [5.74, 6) is 2.15. The first kappa shape index (κ1) is 32.2. The third-order valence-electron chi connectivity index (χ3n) is 8.21. The van der Waals surface area contributed by atoms with E-state index in [1.165, 1.54) is 37.1 Å². The number of likely N-dealkylation sites (tertiary alicyclic amines) is 1. The van der Waals surface area contributed by atoms with Crippen molar-refractivity contribution in [1.29, 1.82) is 0 Å². The van der Waals surface area contributed by atoms with Gasteiger partial charge in [0.1, 0.15) is 30.5 Å². The number of nitrogens with zero attached hydrogens (tertiary/aromatic N) is 2. The zero-order valence-electron chi connectivity index (χ0n) is 25.9. The normalized spacial score (nSPS) is 13.3. The first-order chi connectivity index (χ1) is 21.5. The van der Waals surface area contributed by atoms with Crippen LogP contribution < -0.4 is 19.9 Å². The zero-order valence-corrected chi connectivity index (χ0v) is 27.5. The second kappa shape index (κ2) is 15.7. The van der Waals surface area contributed by atoms with Gasteiger partial charge in [0.15, 0.2) is 0 Å². The number of rotatable bonds is 14. The third-order valence-corrected chi connectivity index (χ3v) is 9.20. The van der Waals surface area contributed by atoms with Gasteiger partial charge >= 0.3 is 0 Å². The Kier molecular flexibility index (Phi) is 11.5. The van der Waals surface area contributed by atoms with Crippen molar-refractivity contribution in [1.82, 2.24) is 9.88 Å². The molecule has 1 aliphatic heterocycles. The summed E-state index contributed by atoms with van der Waals surface area (Å²) in [5, 5.41) is 0.503. The highest BCUT2D eigenvalue weighted by molar-refractivity contribution is 7.98. The van der Waals surface area contributed by atoms with Crippen LogP contribution in [0.25, 0.3) is 11.1 Å². The van der Waals surface area contributed by atoms with Crippen molar-refractivity contribution >= 4 is 23.4 Å². The first-order valence-electron chi connectivity index (χ1n) is 15.3. The van der Waals surface area contributed by atoms with Gasteiger partial charge in [-0.2, -0.15) is 0 Å². The molecular formula is C36H42ClN3O3S. The summed E-state index contributed by atoms with van der Waals surface area (Å²) in [6, 6.07) is 18.4. The van der Waals surface area contributed by atoms with Gasteiger partial charge in [-0.15, -0.1) is 11.8 Å². The lowest BCUT2D eigenvalue weighted by molar-refractivity contribution is 0.262. The molecule has 0 saturated carbocycles. The van der Waals surface area contributed by atoms with Crippen LogP contribution in [0.5, 0.6) is 17.2 Å². The van der Waals surface area contributed by atoms with E-state index in [2.05, 4.69) is 66.2 Å². The van der Waals surface area contributed by atoms with Gasteiger partial charge in [0.2, 0.25) is 0 Å². The molecule has 0 atom stereocenters. The summed E-state index contributed by atoms with van der Waals surface area (Å²) in [6.07, 6.45) is 9.36. The Morgan fingerprint density at radius 3 is 2.36 bits per heavy atom. The fraction of sp³-hybridized carbons (Fsp3) is 0.361. The predicted molar refractivity (Wildman–Crippen MR) is 181 cm³/mol. The van der Waals surface area contributed by atoms with Crippen molar-refractivity contribution in [2.45, 2.75) is 57.8 Å². The number of hydrogen-bond acceptors (Lipinski definition) is 7. The molecule has 6 nitrogen and oxygen atoms in total. The van der Waals surface area contributed by atoms with Crippen LogP contribution in [-0.4, -0.2) is 42.4 Å². The van der Waals surface area contributed by atoms with E-state index in [0.717, 1.165) is 58.0 Å². The minimum absolute atomic E-state index is 0.306. The molecule has 0 bridgehead atoms. The maximum Gasteiger partial charge on any atom is 0.142 e. The van der Waals surface area contributed by atoms with E-state index >= 15 is 0 Å². The highest BCUT2D eigenvalue weighted by Crippen LogP contribution is 2.36. The number of ether oxygens (including phenoxy) is 3. The summed E-state index contributed by atoms with van der Waals surface area (Å²) >= 11 is 8.28. The summed E-state index contributed by atoms with van der Waals surface area (Å²) in [4.78, 5) is 7.92. The molecule has 0 aliphatic carbocycles. The van der Waals surface area contributed by atoms with Gasteiger partial charge in [-0.1, -0.05) is 41.9 Å². The fourth-order valence-corrected chi connectivity index (χ4v) is 6.30. The molecule has 0 radical (unpaired) electrons. The molecule has 2 N–H and O–H groups in total. The lowest BCUT2D eigenvalue weighted by Gasteiger charge is -2.18. The van der Waals surface area contributed by atoms with Crippen molar-refractivity contribution in [3.05, 3.63) is 99.8 Å². The Morgan fingerprint density at radius 1 is 0.841 bits per heavy atom. The minimum atomic E-state index is 0.306. The van der Waals surface area contributed by atoms with Crippen LogP contribution >= 0.6 is 23.4 Å². The maximum atomic E-state index is 6.63. The second-order valence-electron chi connectivity index (χ2n) is 11.2. The largest absolute Gasteiger partial charge is 0.493 e. The van der Waals surface area contributed by atoms with Crippen LogP contribution in [0.4, 0.5) is 0 Å². The number of thioether (sulfide) groups is 1. The van der Waals surface area contributed by atoms with E-state index in [9.17, 15) is 0 Å². The van der Waals surface area contributed by atoms with Gasteiger partial charge in [-0.3, -0.25) is 4.98 Å². The maximum absolute atomic E-state index is 6.63. The van der Waals surface area contributed by atoms with Crippen LogP contribution in [0, 0.1) is 13.8 Å². The lowest BCUT2D eigenvalue weighted by Crippen LogP contribution is -2.22. The van der Waals surface area contributed by atoms with Gasteiger partial charge in [-0.25, -0.2) is 0 Å². The number of benzene rings is 3. The van der Waals surface area contributed by atoms with E-state index in [-0.39, 0.29) is 0 Å². The molecule has 0 spiro atoms. The van der Waals surface area contributed by atoms with Crippen molar-refractivity contribution in [3.8, 4) is 28.4 Å². The number of nitrogens with two attached hydrogens (primary N) is 1. The highest BCUT2D eigenvalue weighted by Gasteiger charge is 2.15. The van der Waals surface area contributed by atoms with Crippen LogP contribution in [0.1, 0.15) is 47.1 Å². The number of hydrogen-bond donors (Lipinski definition) is 1. The quantitative estimate of drug-likeness (QED) is 0.111. The summed E-state index contributed by atoms with van der Waals surface area (Å²) in [6.45, 7) is 9.60.